The highest BCUT2D eigenvalue weighted by Gasteiger charge is 2.28. The van der Waals surface area contributed by atoms with Gasteiger partial charge in [0.1, 0.15) is 0 Å². The van der Waals surface area contributed by atoms with Crippen LogP contribution in [0.1, 0.15) is 6.42 Å². The third-order valence-corrected chi connectivity index (χ3v) is 1.62. The lowest BCUT2D eigenvalue weighted by atomic mass is 10.3. The van der Waals surface area contributed by atoms with Crippen LogP contribution < -0.4 is 0 Å². The van der Waals surface area contributed by atoms with Crippen molar-refractivity contribution in [2.45, 2.75) is 12.5 Å². The number of ether oxygens (including phenoxy) is 1. The molecule has 0 aromatic rings. The van der Waals surface area contributed by atoms with Gasteiger partial charge in [-0.25, -0.2) is 4.79 Å². The van der Waals surface area contributed by atoms with E-state index in [1.54, 1.807) is 0 Å². The third-order valence-electron chi connectivity index (χ3n) is 1.13. The van der Waals surface area contributed by atoms with Crippen LogP contribution in [0.2, 0.25) is 0 Å². The highest BCUT2D eigenvalue weighted by atomic mass is 31.1. The molecule has 1 aliphatic heterocycles. The van der Waals surface area contributed by atoms with Gasteiger partial charge in [-0.3, -0.25) is 9.09 Å². The van der Waals surface area contributed by atoms with Gasteiger partial charge >= 0.3 is 14.2 Å². The fourth-order valence-corrected chi connectivity index (χ4v) is 1.16. The smallest absolute Gasteiger partial charge is 0.335 e. The SMILES string of the molecule is O=C1OCCC1O[PH](=O)O. The van der Waals surface area contributed by atoms with Gasteiger partial charge in [0.2, 0.25) is 0 Å². The maximum Gasteiger partial charge on any atom is 0.335 e. The van der Waals surface area contributed by atoms with Crippen molar-refractivity contribution in [1.29, 1.82) is 0 Å². The Morgan fingerprint density at radius 1 is 1.80 bits per heavy atom. The van der Waals surface area contributed by atoms with Gasteiger partial charge in [0, 0.05) is 6.42 Å². The Hall–Kier alpha value is -0.380. The molecule has 6 heteroatoms. The van der Waals surface area contributed by atoms with Gasteiger partial charge in [0.15, 0.2) is 6.10 Å². The van der Waals surface area contributed by atoms with E-state index in [2.05, 4.69) is 9.26 Å². The van der Waals surface area contributed by atoms with E-state index in [4.69, 9.17) is 4.89 Å². The summed E-state index contributed by atoms with van der Waals surface area (Å²) in [4.78, 5) is 18.8. The van der Waals surface area contributed by atoms with Crippen LogP contribution in [0.3, 0.4) is 0 Å². The minimum Gasteiger partial charge on any atom is -0.464 e. The van der Waals surface area contributed by atoms with Crippen LogP contribution in [-0.4, -0.2) is 23.6 Å². The number of rotatable bonds is 2. The molecule has 2 unspecified atom stereocenters. The fourth-order valence-electron chi connectivity index (χ4n) is 0.706. The molecule has 5 nitrogen and oxygen atoms in total. The molecule has 1 aliphatic rings. The molecule has 2 atom stereocenters. The zero-order chi connectivity index (χ0) is 7.56. The molecule has 1 saturated heterocycles. The van der Waals surface area contributed by atoms with Gasteiger partial charge in [-0.2, -0.15) is 0 Å². The standard InChI is InChI=1S/C4H7O5P/c5-4-3(1-2-8-4)9-10(6)7/h3,10H,1-2H2,(H,6,7). The molecule has 0 amide bonds. The second-order valence-corrected chi connectivity index (χ2v) is 2.60. The Morgan fingerprint density at radius 2 is 2.50 bits per heavy atom. The number of esters is 1. The van der Waals surface area contributed by atoms with Crippen molar-refractivity contribution in [3.8, 4) is 0 Å². The van der Waals surface area contributed by atoms with Gasteiger partial charge in [0.05, 0.1) is 6.61 Å². The van der Waals surface area contributed by atoms with E-state index in [0.29, 0.717) is 6.42 Å². The Balaban J connectivity index is 2.40. The molecule has 0 radical (unpaired) electrons. The minimum absolute atomic E-state index is 0.276. The average Bonchev–Trinajstić information content (AvgIpc) is 2.15. The zero-order valence-corrected chi connectivity index (χ0v) is 6.07. The highest BCUT2D eigenvalue weighted by molar-refractivity contribution is 7.32. The van der Waals surface area contributed by atoms with Crippen molar-refractivity contribution >= 4 is 14.2 Å². The summed E-state index contributed by atoms with van der Waals surface area (Å²) in [5.41, 5.74) is 0. The Kier molecular flexibility index (Phi) is 2.43. The molecular formula is C4H7O5P. The third kappa shape index (κ3) is 1.80. The van der Waals surface area contributed by atoms with Crippen molar-refractivity contribution in [2.24, 2.45) is 0 Å². The van der Waals surface area contributed by atoms with Gasteiger partial charge in [-0.05, 0) is 0 Å². The summed E-state index contributed by atoms with van der Waals surface area (Å²) in [5, 5.41) is 0. The maximum absolute atomic E-state index is 10.5. The highest BCUT2D eigenvalue weighted by Crippen LogP contribution is 2.23. The predicted octanol–water partition coefficient (Wildman–Crippen LogP) is -0.300. The van der Waals surface area contributed by atoms with Crippen molar-refractivity contribution in [3.05, 3.63) is 0 Å². The lowest BCUT2D eigenvalue weighted by molar-refractivity contribution is -0.143. The van der Waals surface area contributed by atoms with E-state index in [0.717, 1.165) is 0 Å². The summed E-state index contributed by atoms with van der Waals surface area (Å²) in [6.45, 7) is 0.276. The van der Waals surface area contributed by atoms with E-state index < -0.39 is 20.3 Å². The maximum atomic E-state index is 10.5. The molecular weight excluding hydrogens is 159 g/mol. The monoisotopic (exact) mass is 166 g/mol. The number of hydrogen-bond acceptors (Lipinski definition) is 4. The molecule has 1 N–H and O–H groups in total. The molecule has 0 aromatic carbocycles. The van der Waals surface area contributed by atoms with E-state index >= 15 is 0 Å². The molecule has 10 heavy (non-hydrogen) atoms. The second-order valence-electron chi connectivity index (χ2n) is 1.83. The molecule has 0 spiro atoms. The van der Waals surface area contributed by atoms with Gasteiger partial charge < -0.3 is 9.63 Å². The minimum atomic E-state index is -3.00. The van der Waals surface area contributed by atoms with Crippen LogP contribution >= 0.6 is 8.25 Å². The summed E-state index contributed by atoms with van der Waals surface area (Å²) in [7, 11) is -3.00. The van der Waals surface area contributed by atoms with E-state index in [-0.39, 0.29) is 6.61 Å². The van der Waals surface area contributed by atoms with Crippen LogP contribution in [0, 0.1) is 0 Å². The van der Waals surface area contributed by atoms with Crippen LogP contribution in [0.25, 0.3) is 0 Å². The molecule has 0 aliphatic carbocycles. The first-order valence-electron chi connectivity index (χ1n) is 2.76. The summed E-state index contributed by atoms with van der Waals surface area (Å²) in [6.07, 6.45) is -0.452. The first-order chi connectivity index (χ1) is 4.70. The van der Waals surface area contributed by atoms with Crippen molar-refractivity contribution in [2.75, 3.05) is 6.61 Å². The summed E-state index contributed by atoms with van der Waals surface area (Å²) < 4.78 is 18.9. The lowest BCUT2D eigenvalue weighted by Gasteiger charge is -2.01. The number of hydrogen-bond donors (Lipinski definition) is 1. The van der Waals surface area contributed by atoms with Crippen molar-refractivity contribution in [1.82, 2.24) is 0 Å². The predicted molar refractivity (Wildman–Crippen MR) is 31.7 cm³/mol. The lowest BCUT2D eigenvalue weighted by Crippen LogP contribution is -2.14. The largest absolute Gasteiger partial charge is 0.464 e. The van der Waals surface area contributed by atoms with Crippen molar-refractivity contribution < 1.29 is 23.5 Å². The number of carbonyl (C=O) groups excluding carboxylic acids is 1. The number of cyclic esters (lactones) is 1. The first kappa shape index (κ1) is 7.72. The molecule has 1 fully saturated rings. The number of carbonyl (C=O) groups is 1. The second kappa shape index (κ2) is 3.14. The normalized spacial score (nSPS) is 28.1. The van der Waals surface area contributed by atoms with Gasteiger partial charge in [-0.15, -0.1) is 0 Å². The summed E-state index contributed by atoms with van der Waals surface area (Å²) in [5.74, 6) is -0.549. The topological polar surface area (TPSA) is 72.8 Å². The summed E-state index contributed by atoms with van der Waals surface area (Å²) >= 11 is 0. The molecule has 1 heterocycles. The molecule has 58 valence electrons. The molecule has 0 aromatic heterocycles. The average molecular weight is 166 g/mol. The molecule has 0 bridgehead atoms. The van der Waals surface area contributed by atoms with Crippen LogP contribution in [0.4, 0.5) is 0 Å². The fraction of sp³-hybridized carbons (Fsp3) is 0.750. The Bertz CT molecular complexity index is 167. The Labute approximate surface area is 57.9 Å². The first-order valence-corrected chi connectivity index (χ1v) is 4.03. The Morgan fingerprint density at radius 3 is 2.90 bits per heavy atom. The van der Waals surface area contributed by atoms with Crippen LogP contribution in [0.5, 0.6) is 0 Å². The van der Waals surface area contributed by atoms with Gasteiger partial charge in [0.25, 0.3) is 0 Å². The van der Waals surface area contributed by atoms with E-state index in [9.17, 15) is 9.36 Å². The zero-order valence-electron chi connectivity index (χ0n) is 5.07. The van der Waals surface area contributed by atoms with E-state index in [1.807, 2.05) is 0 Å². The van der Waals surface area contributed by atoms with Crippen molar-refractivity contribution in [3.63, 3.8) is 0 Å². The van der Waals surface area contributed by atoms with Crippen LogP contribution in [0.15, 0.2) is 0 Å². The quantitative estimate of drug-likeness (QED) is 0.450. The van der Waals surface area contributed by atoms with Gasteiger partial charge in [-0.1, -0.05) is 0 Å². The molecule has 1 rings (SSSR count). The van der Waals surface area contributed by atoms with Crippen LogP contribution in [-0.2, 0) is 18.6 Å². The van der Waals surface area contributed by atoms with E-state index in [1.165, 1.54) is 0 Å². The summed E-state index contributed by atoms with van der Waals surface area (Å²) in [6, 6.07) is 0. The molecule has 0 saturated carbocycles.